The van der Waals surface area contributed by atoms with E-state index < -0.39 is 5.97 Å². The Morgan fingerprint density at radius 1 is 1.28 bits per heavy atom. The van der Waals surface area contributed by atoms with Crippen molar-refractivity contribution < 1.29 is 19.4 Å². The number of hydrogen-bond acceptors (Lipinski definition) is 4. The molecular weight excluding hydrogens is 390 g/mol. The van der Waals surface area contributed by atoms with Crippen molar-refractivity contribution in [1.82, 2.24) is 4.90 Å². The van der Waals surface area contributed by atoms with Gasteiger partial charge in [-0.25, -0.2) is 0 Å². The Balaban J connectivity index is 1.73. The topological polar surface area (TPSA) is 59.0 Å². The number of rotatable bonds is 10. The molecule has 1 N–H and O–H groups in total. The van der Waals surface area contributed by atoms with Gasteiger partial charge in [-0.05, 0) is 57.0 Å². The number of ether oxygens (including phenoxy) is 2. The molecule has 5 nitrogen and oxygen atoms in total. The molecular formula is C23H28ClNO4. The summed E-state index contributed by atoms with van der Waals surface area (Å²) >= 11 is 6.56. The third-order valence-electron chi connectivity index (χ3n) is 5.13. The van der Waals surface area contributed by atoms with Crippen molar-refractivity contribution in [3.63, 3.8) is 0 Å². The highest BCUT2D eigenvalue weighted by Gasteiger charge is 2.25. The number of fused-ring (bicyclic) bond motifs is 1. The fourth-order valence-corrected chi connectivity index (χ4v) is 3.97. The molecule has 156 valence electrons. The highest BCUT2D eigenvalue weighted by atomic mass is 35.5. The van der Waals surface area contributed by atoms with Crippen LogP contribution in [-0.4, -0.2) is 36.2 Å². The molecule has 29 heavy (non-hydrogen) atoms. The first-order valence-corrected chi connectivity index (χ1v) is 10.5. The fraction of sp³-hybridized carbons (Fsp3) is 0.435. The number of carboxylic acid groups (broad SMARTS) is 1. The number of carboxylic acids is 1. The summed E-state index contributed by atoms with van der Waals surface area (Å²) in [5.74, 6) is 0.615. The van der Waals surface area contributed by atoms with Gasteiger partial charge in [-0.1, -0.05) is 35.9 Å². The van der Waals surface area contributed by atoms with E-state index in [1.54, 1.807) is 0 Å². The molecule has 0 saturated carbocycles. The highest BCUT2D eigenvalue weighted by Crippen LogP contribution is 2.40. The summed E-state index contributed by atoms with van der Waals surface area (Å²) in [6.45, 7) is 3.81. The lowest BCUT2D eigenvalue weighted by atomic mass is 10.1. The lowest BCUT2D eigenvalue weighted by Gasteiger charge is -2.21. The molecule has 0 heterocycles. The largest absolute Gasteiger partial charge is 0.493 e. The zero-order valence-corrected chi connectivity index (χ0v) is 17.7. The van der Waals surface area contributed by atoms with Gasteiger partial charge in [-0.3, -0.25) is 4.79 Å². The monoisotopic (exact) mass is 417 g/mol. The Morgan fingerprint density at radius 3 is 2.83 bits per heavy atom. The SMILES string of the molecule is CCOc1cc(O[C@H]2CCc3ccccc32)c(Cl)cc1CN(C)CCCC(=O)O. The fourth-order valence-electron chi connectivity index (χ4n) is 3.74. The van der Waals surface area contributed by atoms with E-state index in [-0.39, 0.29) is 12.5 Å². The smallest absolute Gasteiger partial charge is 0.303 e. The number of nitrogens with zero attached hydrogens (tertiary/aromatic N) is 1. The zero-order chi connectivity index (χ0) is 20.8. The van der Waals surface area contributed by atoms with Crippen molar-refractivity contribution in [2.24, 2.45) is 0 Å². The van der Waals surface area contributed by atoms with Gasteiger partial charge < -0.3 is 19.5 Å². The maximum Gasteiger partial charge on any atom is 0.303 e. The third kappa shape index (κ3) is 5.64. The lowest BCUT2D eigenvalue weighted by Crippen LogP contribution is -2.20. The van der Waals surface area contributed by atoms with Crippen molar-refractivity contribution in [3.05, 3.63) is 58.1 Å². The van der Waals surface area contributed by atoms with Gasteiger partial charge in [0, 0.05) is 24.6 Å². The maximum absolute atomic E-state index is 10.7. The first-order chi connectivity index (χ1) is 14.0. The molecule has 2 aromatic rings. The zero-order valence-electron chi connectivity index (χ0n) is 17.0. The lowest BCUT2D eigenvalue weighted by molar-refractivity contribution is -0.137. The summed E-state index contributed by atoms with van der Waals surface area (Å²) in [4.78, 5) is 12.8. The number of benzene rings is 2. The van der Waals surface area contributed by atoms with Gasteiger partial charge in [-0.2, -0.15) is 0 Å². The van der Waals surface area contributed by atoms with Gasteiger partial charge in [-0.15, -0.1) is 0 Å². The van der Waals surface area contributed by atoms with Crippen molar-refractivity contribution in [2.75, 3.05) is 20.2 Å². The summed E-state index contributed by atoms with van der Waals surface area (Å²) in [7, 11) is 1.96. The molecule has 1 atom stereocenters. The van der Waals surface area contributed by atoms with Crippen LogP contribution < -0.4 is 9.47 Å². The number of aliphatic carboxylic acids is 1. The number of aryl methyl sites for hydroxylation is 1. The molecule has 0 saturated heterocycles. The van der Waals surface area contributed by atoms with E-state index in [1.807, 2.05) is 32.2 Å². The Kier molecular flexibility index (Phi) is 7.40. The molecule has 0 radical (unpaired) electrons. The summed E-state index contributed by atoms with van der Waals surface area (Å²) in [5, 5.41) is 9.37. The van der Waals surface area contributed by atoms with E-state index in [0.717, 1.165) is 24.2 Å². The molecule has 1 aliphatic carbocycles. The van der Waals surface area contributed by atoms with Crippen LogP contribution in [0.15, 0.2) is 36.4 Å². The first kappa shape index (κ1) is 21.5. The van der Waals surface area contributed by atoms with E-state index in [1.165, 1.54) is 11.1 Å². The molecule has 0 unspecified atom stereocenters. The van der Waals surface area contributed by atoms with E-state index in [0.29, 0.717) is 36.9 Å². The van der Waals surface area contributed by atoms with Crippen LogP contribution in [0, 0.1) is 0 Å². The van der Waals surface area contributed by atoms with Crippen LogP contribution in [-0.2, 0) is 17.8 Å². The van der Waals surface area contributed by atoms with Gasteiger partial charge in [0.05, 0.1) is 11.6 Å². The van der Waals surface area contributed by atoms with Gasteiger partial charge in [0.25, 0.3) is 0 Å². The minimum absolute atomic E-state index is 0.00252. The van der Waals surface area contributed by atoms with Gasteiger partial charge in [0.2, 0.25) is 0 Å². The van der Waals surface area contributed by atoms with E-state index in [9.17, 15) is 4.79 Å². The van der Waals surface area contributed by atoms with E-state index in [2.05, 4.69) is 23.1 Å². The quantitative estimate of drug-likeness (QED) is 0.582. The number of halogens is 1. The van der Waals surface area contributed by atoms with Gasteiger partial charge in [0.15, 0.2) is 0 Å². The minimum Gasteiger partial charge on any atom is -0.493 e. The number of hydrogen-bond donors (Lipinski definition) is 1. The Bertz CT molecular complexity index is 855. The van der Waals surface area contributed by atoms with Crippen LogP contribution in [0.2, 0.25) is 5.02 Å². The minimum atomic E-state index is -0.772. The molecule has 2 aromatic carbocycles. The van der Waals surface area contributed by atoms with Crippen LogP contribution in [0.3, 0.4) is 0 Å². The van der Waals surface area contributed by atoms with Crippen molar-refractivity contribution >= 4 is 17.6 Å². The van der Waals surface area contributed by atoms with Crippen LogP contribution in [0.1, 0.15) is 49.0 Å². The summed E-state index contributed by atoms with van der Waals surface area (Å²) in [5.41, 5.74) is 3.52. The Morgan fingerprint density at radius 2 is 2.07 bits per heavy atom. The molecule has 0 bridgehead atoms. The second-order valence-corrected chi connectivity index (χ2v) is 7.81. The Hall–Kier alpha value is -2.24. The van der Waals surface area contributed by atoms with Crippen LogP contribution in [0.25, 0.3) is 0 Å². The van der Waals surface area contributed by atoms with Crippen LogP contribution in [0.5, 0.6) is 11.5 Å². The van der Waals surface area contributed by atoms with Gasteiger partial charge in [0.1, 0.15) is 17.6 Å². The normalized spacial score (nSPS) is 15.4. The first-order valence-electron chi connectivity index (χ1n) is 10.1. The van der Waals surface area contributed by atoms with Crippen LogP contribution >= 0.6 is 11.6 Å². The third-order valence-corrected chi connectivity index (χ3v) is 5.43. The van der Waals surface area contributed by atoms with Crippen molar-refractivity contribution in [2.45, 2.75) is 45.3 Å². The predicted octanol–water partition coefficient (Wildman–Crippen LogP) is 5.10. The van der Waals surface area contributed by atoms with Crippen molar-refractivity contribution in [3.8, 4) is 11.5 Å². The molecule has 0 amide bonds. The summed E-state index contributed by atoms with van der Waals surface area (Å²) in [6.07, 6.45) is 2.72. The molecule has 1 aliphatic rings. The summed E-state index contributed by atoms with van der Waals surface area (Å²) < 4.78 is 12.1. The maximum atomic E-state index is 10.7. The molecule has 0 aliphatic heterocycles. The van der Waals surface area contributed by atoms with E-state index in [4.69, 9.17) is 26.2 Å². The second-order valence-electron chi connectivity index (χ2n) is 7.40. The molecule has 0 spiro atoms. The van der Waals surface area contributed by atoms with E-state index >= 15 is 0 Å². The van der Waals surface area contributed by atoms with Crippen molar-refractivity contribution in [1.29, 1.82) is 0 Å². The average molecular weight is 418 g/mol. The molecule has 0 aromatic heterocycles. The molecule has 0 fully saturated rings. The Labute approximate surface area is 177 Å². The highest BCUT2D eigenvalue weighted by molar-refractivity contribution is 6.32. The second kappa shape index (κ2) is 9.99. The standard InChI is InChI=1S/C23H28ClNO4/c1-3-28-21-14-22(29-20-11-10-16-7-4-5-8-18(16)20)19(24)13-17(21)15-25(2)12-6-9-23(26)27/h4-5,7-8,13-14,20H,3,6,9-12,15H2,1-2H3,(H,26,27)/t20-/m0/s1. The summed E-state index contributed by atoms with van der Waals surface area (Å²) in [6, 6.07) is 12.1. The van der Waals surface area contributed by atoms with Crippen LogP contribution in [0.4, 0.5) is 0 Å². The molecule has 6 heteroatoms. The van der Waals surface area contributed by atoms with Gasteiger partial charge >= 0.3 is 5.97 Å². The number of carbonyl (C=O) groups is 1. The predicted molar refractivity (Wildman–Crippen MR) is 114 cm³/mol. The average Bonchev–Trinajstić information content (AvgIpc) is 3.08. The molecule has 3 rings (SSSR count).